The minimum atomic E-state index is -1.06. The van der Waals surface area contributed by atoms with Crippen LogP contribution in [0.1, 0.15) is 23.1 Å². The number of carbonyl (C=O) groups is 1. The first-order valence-corrected chi connectivity index (χ1v) is 8.14. The highest BCUT2D eigenvalue weighted by Gasteiger charge is 2.23. The molecule has 0 spiro atoms. The number of hydrogen-bond acceptors (Lipinski definition) is 2. The van der Waals surface area contributed by atoms with Gasteiger partial charge >= 0.3 is 5.97 Å². The van der Waals surface area contributed by atoms with Crippen molar-refractivity contribution in [1.29, 1.82) is 0 Å². The maximum Gasteiger partial charge on any atom is 0.356 e. The van der Waals surface area contributed by atoms with Crippen molar-refractivity contribution in [2.45, 2.75) is 13.3 Å². The Morgan fingerprint density at radius 2 is 1.79 bits per heavy atom. The molecule has 3 aromatic rings. The topological polar surface area (TPSA) is 55.1 Å². The summed E-state index contributed by atoms with van der Waals surface area (Å²) in [6.45, 7) is 1.90. The Balaban J connectivity index is 2.34. The van der Waals surface area contributed by atoms with E-state index in [0.717, 1.165) is 5.69 Å². The number of carboxylic acid groups (broad SMARTS) is 1. The van der Waals surface area contributed by atoms with Crippen LogP contribution in [0.15, 0.2) is 48.5 Å². The monoisotopic (exact) mass is 360 g/mol. The molecule has 24 heavy (non-hydrogen) atoms. The number of nitrogens with zero attached hydrogens (tertiary/aromatic N) is 2. The first-order valence-electron chi connectivity index (χ1n) is 7.38. The molecule has 0 aliphatic carbocycles. The van der Waals surface area contributed by atoms with E-state index >= 15 is 0 Å². The maximum absolute atomic E-state index is 11.6. The molecule has 0 saturated heterocycles. The highest BCUT2D eigenvalue weighted by atomic mass is 35.5. The summed E-state index contributed by atoms with van der Waals surface area (Å²) in [6, 6.07) is 14.4. The molecule has 0 atom stereocenters. The van der Waals surface area contributed by atoms with Gasteiger partial charge in [0.1, 0.15) is 5.82 Å². The molecule has 1 N–H and O–H groups in total. The predicted molar refractivity (Wildman–Crippen MR) is 95.4 cm³/mol. The van der Waals surface area contributed by atoms with Gasteiger partial charge in [-0.05, 0) is 42.8 Å². The lowest BCUT2D eigenvalue weighted by atomic mass is 10.2. The fourth-order valence-corrected chi connectivity index (χ4v) is 2.99. The summed E-state index contributed by atoms with van der Waals surface area (Å²) in [4.78, 5) is 16.0. The molecule has 0 unspecified atom stereocenters. The molecule has 0 aliphatic heterocycles. The van der Waals surface area contributed by atoms with E-state index < -0.39 is 5.97 Å². The zero-order valence-electron chi connectivity index (χ0n) is 12.8. The molecule has 4 nitrogen and oxygen atoms in total. The van der Waals surface area contributed by atoms with E-state index in [9.17, 15) is 9.90 Å². The lowest BCUT2D eigenvalue weighted by molar-refractivity contribution is 0.0690. The molecule has 1 heterocycles. The third kappa shape index (κ3) is 2.90. The van der Waals surface area contributed by atoms with Gasteiger partial charge in [0.05, 0.1) is 10.7 Å². The van der Waals surface area contributed by atoms with Crippen LogP contribution in [0, 0.1) is 0 Å². The number of carboxylic acids is 1. The largest absolute Gasteiger partial charge is 0.476 e. The van der Waals surface area contributed by atoms with Gasteiger partial charge in [-0.15, -0.1) is 0 Å². The average molecular weight is 361 g/mol. The summed E-state index contributed by atoms with van der Waals surface area (Å²) in [7, 11) is 0. The molecule has 0 radical (unpaired) electrons. The number of aromatic carboxylic acids is 1. The molecule has 2 aromatic carbocycles. The summed E-state index contributed by atoms with van der Waals surface area (Å²) < 4.78 is 1.82. The fourth-order valence-electron chi connectivity index (χ4n) is 2.64. The van der Waals surface area contributed by atoms with Crippen LogP contribution in [-0.2, 0) is 6.42 Å². The van der Waals surface area contributed by atoms with Crippen LogP contribution < -0.4 is 0 Å². The Morgan fingerprint density at radius 1 is 1.12 bits per heavy atom. The van der Waals surface area contributed by atoms with Crippen molar-refractivity contribution < 1.29 is 9.90 Å². The van der Waals surface area contributed by atoms with E-state index in [4.69, 9.17) is 23.2 Å². The Morgan fingerprint density at radius 3 is 2.38 bits per heavy atom. The summed E-state index contributed by atoms with van der Waals surface area (Å²) in [5, 5.41) is 10.6. The lowest BCUT2D eigenvalue weighted by Crippen LogP contribution is -2.05. The minimum absolute atomic E-state index is 0.0300. The van der Waals surface area contributed by atoms with Gasteiger partial charge in [0.15, 0.2) is 5.69 Å². The fraction of sp³-hybridized carbons (Fsp3) is 0.111. The highest BCUT2D eigenvalue weighted by molar-refractivity contribution is 6.33. The summed E-state index contributed by atoms with van der Waals surface area (Å²) >= 11 is 12.3. The van der Waals surface area contributed by atoms with E-state index in [1.165, 1.54) is 0 Å². The van der Waals surface area contributed by atoms with Crippen LogP contribution in [0.2, 0.25) is 10.0 Å². The molecule has 0 saturated carbocycles. The van der Waals surface area contributed by atoms with Gasteiger partial charge in [-0.1, -0.05) is 42.3 Å². The zero-order valence-corrected chi connectivity index (χ0v) is 14.3. The van der Waals surface area contributed by atoms with Crippen molar-refractivity contribution in [3.63, 3.8) is 0 Å². The van der Waals surface area contributed by atoms with Gasteiger partial charge in [0, 0.05) is 16.3 Å². The second kappa shape index (κ2) is 6.67. The van der Waals surface area contributed by atoms with E-state index in [-0.39, 0.29) is 5.69 Å². The van der Waals surface area contributed by atoms with Crippen LogP contribution >= 0.6 is 23.2 Å². The van der Waals surface area contributed by atoms with Gasteiger partial charge in [-0.3, -0.25) is 4.57 Å². The van der Waals surface area contributed by atoms with Gasteiger partial charge in [-0.25, -0.2) is 9.78 Å². The van der Waals surface area contributed by atoms with Gasteiger partial charge in [-0.2, -0.15) is 0 Å². The normalized spacial score (nSPS) is 10.8. The van der Waals surface area contributed by atoms with Crippen LogP contribution in [0.5, 0.6) is 0 Å². The van der Waals surface area contributed by atoms with Crippen molar-refractivity contribution in [3.05, 3.63) is 70.0 Å². The third-order valence-corrected chi connectivity index (χ3v) is 4.29. The standard InChI is InChI=1S/C18H14Cl2N2O2/c1-2-15-16(18(23)24)21-17(13-5-3-4-6-14(13)20)22(15)12-9-7-11(19)8-10-12/h3-10H,2H2,1H3,(H,23,24). The molecule has 0 bridgehead atoms. The zero-order chi connectivity index (χ0) is 17.3. The summed E-state index contributed by atoms with van der Waals surface area (Å²) in [6.07, 6.45) is 0.516. The number of benzene rings is 2. The first kappa shape index (κ1) is 16.6. The summed E-state index contributed by atoms with van der Waals surface area (Å²) in [5.74, 6) is -0.565. The maximum atomic E-state index is 11.6. The Kier molecular flexibility index (Phi) is 4.60. The second-order valence-electron chi connectivity index (χ2n) is 5.18. The van der Waals surface area contributed by atoms with E-state index in [1.807, 2.05) is 41.8 Å². The molecule has 122 valence electrons. The van der Waals surface area contributed by atoms with E-state index in [2.05, 4.69) is 4.98 Å². The highest BCUT2D eigenvalue weighted by Crippen LogP contribution is 2.32. The average Bonchev–Trinajstić information content (AvgIpc) is 2.95. The van der Waals surface area contributed by atoms with E-state index in [0.29, 0.717) is 33.5 Å². The Labute approximate surface area is 149 Å². The van der Waals surface area contributed by atoms with Crippen LogP contribution in [0.25, 0.3) is 17.1 Å². The molecule has 1 aromatic heterocycles. The third-order valence-electron chi connectivity index (χ3n) is 3.71. The predicted octanol–water partition coefficient (Wildman–Crippen LogP) is 5.11. The van der Waals surface area contributed by atoms with Crippen molar-refractivity contribution in [2.24, 2.45) is 0 Å². The van der Waals surface area contributed by atoms with Crippen LogP contribution in [-0.4, -0.2) is 20.6 Å². The van der Waals surface area contributed by atoms with Crippen LogP contribution in [0.4, 0.5) is 0 Å². The SMILES string of the molecule is CCc1c(C(=O)O)nc(-c2ccccc2Cl)n1-c1ccc(Cl)cc1. The van der Waals surface area contributed by atoms with Gasteiger partial charge in [0.2, 0.25) is 0 Å². The Hall–Kier alpha value is -2.30. The number of halogens is 2. The minimum Gasteiger partial charge on any atom is -0.476 e. The number of imidazole rings is 1. The molecule has 0 amide bonds. The first-order chi connectivity index (χ1) is 11.5. The summed E-state index contributed by atoms with van der Waals surface area (Å²) in [5.41, 5.74) is 2.10. The quantitative estimate of drug-likeness (QED) is 0.703. The Bertz CT molecular complexity index is 902. The van der Waals surface area contributed by atoms with Crippen molar-refractivity contribution in [2.75, 3.05) is 0 Å². The molecular weight excluding hydrogens is 347 g/mol. The van der Waals surface area contributed by atoms with Gasteiger partial charge < -0.3 is 5.11 Å². The number of hydrogen-bond donors (Lipinski definition) is 1. The van der Waals surface area contributed by atoms with Crippen molar-refractivity contribution in [1.82, 2.24) is 9.55 Å². The molecule has 0 aliphatic rings. The van der Waals surface area contributed by atoms with Crippen molar-refractivity contribution in [3.8, 4) is 17.1 Å². The molecule has 6 heteroatoms. The smallest absolute Gasteiger partial charge is 0.356 e. The molecule has 0 fully saturated rings. The lowest BCUT2D eigenvalue weighted by Gasteiger charge is -2.12. The molecule has 3 rings (SSSR count). The van der Waals surface area contributed by atoms with Gasteiger partial charge in [0.25, 0.3) is 0 Å². The van der Waals surface area contributed by atoms with Crippen LogP contribution in [0.3, 0.4) is 0 Å². The molecular formula is C18H14Cl2N2O2. The second-order valence-corrected chi connectivity index (χ2v) is 6.02. The number of rotatable bonds is 4. The number of aromatic nitrogens is 2. The van der Waals surface area contributed by atoms with E-state index in [1.54, 1.807) is 18.2 Å². The van der Waals surface area contributed by atoms with Crippen molar-refractivity contribution >= 4 is 29.2 Å².